The van der Waals surface area contributed by atoms with E-state index in [1.54, 1.807) is 0 Å². The molecule has 0 bridgehead atoms. The van der Waals surface area contributed by atoms with Gasteiger partial charge in [-0.1, -0.05) is 31.9 Å². The highest BCUT2D eigenvalue weighted by atomic mass is 15.1. The molecule has 3 rings (SSSR count). The summed E-state index contributed by atoms with van der Waals surface area (Å²) in [7, 11) is 2.33. The maximum Gasteiger partial charge on any atom is 0.0314 e. The van der Waals surface area contributed by atoms with E-state index in [-0.39, 0.29) is 0 Å². The summed E-state index contributed by atoms with van der Waals surface area (Å²) in [5.41, 5.74) is 8.60. The number of nitrogens with zero attached hydrogens (tertiary/aromatic N) is 1. The van der Waals surface area contributed by atoms with Crippen molar-refractivity contribution in [1.82, 2.24) is 4.90 Å². The highest BCUT2D eigenvalue weighted by Crippen LogP contribution is 2.49. The molecule has 2 aliphatic carbocycles. The molecule has 0 radical (unpaired) electrons. The second kappa shape index (κ2) is 5.40. The Kier molecular flexibility index (Phi) is 3.76. The van der Waals surface area contributed by atoms with E-state index in [9.17, 15) is 0 Å². The van der Waals surface area contributed by atoms with Crippen LogP contribution in [0.5, 0.6) is 0 Å². The zero-order valence-corrected chi connectivity index (χ0v) is 12.9. The molecule has 0 aliphatic heterocycles. The fraction of sp³-hybridized carbons (Fsp3) is 0.667. The van der Waals surface area contributed by atoms with Crippen molar-refractivity contribution in [3.05, 3.63) is 29.8 Å². The fourth-order valence-electron chi connectivity index (χ4n) is 3.93. The Morgan fingerprint density at radius 3 is 2.50 bits per heavy atom. The van der Waals surface area contributed by atoms with Gasteiger partial charge in [0.05, 0.1) is 0 Å². The second-order valence-corrected chi connectivity index (χ2v) is 7.24. The molecule has 2 fully saturated rings. The molecular weight excluding hydrogens is 244 g/mol. The van der Waals surface area contributed by atoms with Crippen LogP contribution in [0, 0.1) is 5.92 Å². The number of hydrogen-bond acceptors (Lipinski definition) is 2. The van der Waals surface area contributed by atoms with Crippen molar-refractivity contribution in [2.24, 2.45) is 5.92 Å². The van der Waals surface area contributed by atoms with Crippen molar-refractivity contribution < 1.29 is 0 Å². The summed E-state index contributed by atoms with van der Waals surface area (Å²) in [5.74, 6) is 0.905. The topological polar surface area (TPSA) is 29.3 Å². The summed E-state index contributed by atoms with van der Waals surface area (Å²) in [6.07, 6.45) is 8.28. The van der Waals surface area contributed by atoms with Gasteiger partial charge >= 0.3 is 0 Å². The third kappa shape index (κ3) is 2.85. The quantitative estimate of drug-likeness (QED) is 0.845. The van der Waals surface area contributed by atoms with Gasteiger partial charge in [-0.25, -0.2) is 0 Å². The Hall–Kier alpha value is -1.02. The largest absolute Gasteiger partial charge is 0.399 e. The highest BCUT2D eigenvalue weighted by Gasteiger charge is 2.45. The molecule has 2 saturated carbocycles. The SMILES string of the molecule is CC1CCCC(N(C)CC2(c3ccc(N)cc3)CC2)C1. The first-order valence-corrected chi connectivity index (χ1v) is 8.15. The number of rotatable bonds is 4. The zero-order valence-electron chi connectivity index (χ0n) is 12.9. The summed E-state index contributed by atoms with van der Waals surface area (Å²) in [6.45, 7) is 3.63. The van der Waals surface area contributed by atoms with Crippen LogP contribution < -0.4 is 5.73 Å². The van der Waals surface area contributed by atoms with Gasteiger partial charge in [0, 0.05) is 23.7 Å². The zero-order chi connectivity index (χ0) is 14.2. The molecule has 20 heavy (non-hydrogen) atoms. The van der Waals surface area contributed by atoms with Crippen LogP contribution in [0.25, 0.3) is 0 Å². The van der Waals surface area contributed by atoms with E-state index in [0.29, 0.717) is 5.41 Å². The number of nitrogen functional groups attached to an aromatic ring is 1. The van der Waals surface area contributed by atoms with Gasteiger partial charge in [0.1, 0.15) is 0 Å². The van der Waals surface area contributed by atoms with Crippen molar-refractivity contribution in [2.75, 3.05) is 19.3 Å². The lowest BCUT2D eigenvalue weighted by atomic mass is 9.85. The van der Waals surface area contributed by atoms with E-state index in [1.165, 1.54) is 50.6 Å². The Morgan fingerprint density at radius 2 is 1.90 bits per heavy atom. The smallest absolute Gasteiger partial charge is 0.0314 e. The lowest BCUT2D eigenvalue weighted by Gasteiger charge is -2.36. The van der Waals surface area contributed by atoms with Crippen molar-refractivity contribution >= 4 is 5.69 Å². The van der Waals surface area contributed by atoms with Crippen LogP contribution in [0.2, 0.25) is 0 Å². The molecule has 110 valence electrons. The molecule has 0 saturated heterocycles. The Labute approximate surface area is 123 Å². The molecule has 2 nitrogen and oxygen atoms in total. The van der Waals surface area contributed by atoms with Crippen LogP contribution in [0.1, 0.15) is 51.0 Å². The molecule has 1 aromatic carbocycles. The summed E-state index contributed by atoms with van der Waals surface area (Å²) in [4.78, 5) is 2.64. The first-order chi connectivity index (χ1) is 9.59. The van der Waals surface area contributed by atoms with Crippen LogP contribution in [-0.2, 0) is 5.41 Å². The number of benzene rings is 1. The molecule has 2 N–H and O–H groups in total. The van der Waals surface area contributed by atoms with Gasteiger partial charge < -0.3 is 10.6 Å². The maximum absolute atomic E-state index is 5.81. The van der Waals surface area contributed by atoms with Crippen molar-refractivity contribution in [3.8, 4) is 0 Å². The normalized spacial score (nSPS) is 28.6. The molecule has 2 atom stereocenters. The van der Waals surface area contributed by atoms with E-state index >= 15 is 0 Å². The van der Waals surface area contributed by atoms with Gasteiger partial charge in [0.2, 0.25) is 0 Å². The molecule has 0 spiro atoms. The predicted molar refractivity (Wildman–Crippen MR) is 85.8 cm³/mol. The number of nitrogens with two attached hydrogens (primary N) is 1. The van der Waals surface area contributed by atoms with Gasteiger partial charge in [0.15, 0.2) is 0 Å². The Bertz CT molecular complexity index is 447. The average molecular weight is 272 g/mol. The van der Waals surface area contributed by atoms with E-state index in [2.05, 4.69) is 43.1 Å². The van der Waals surface area contributed by atoms with Gasteiger partial charge in [-0.3, -0.25) is 0 Å². The fourth-order valence-corrected chi connectivity index (χ4v) is 3.93. The van der Waals surface area contributed by atoms with E-state index < -0.39 is 0 Å². The summed E-state index contributed by atoms with van der Waals surface area (Å²) in [5, 5.41) is 0. The molecule has 0 aromatic heterocycles. The van der Waals surface area contributed by atoms with E-state index in [0.717, 1.165) is 17.6 Å². The van der Waals surface area contributed by atoms with Gasteiger partial charge in [-0.15, -0.1) is 0 Å². The minimum Gasteiger partial charge on any atom is -0.399 e. The predicted octanol–water partition coefficient (Wildman–Crippen LogP) is 3.81. The van der Waals surface area contributed by atoms with Crippen molar-refractivity contribution in [1.29, 1.82) is 0 Å². The first kappa shape index (κ1) is 13.9. The maximum atomic E-state index is 5.81. The lowest BCUT2D eigenvalue weighted by molar-refractivity contribution is 0.152. The molecule has 1 aromatic rings. The number of likely N-dealkylation sites (N-methyl/N-ethyl adjacent to an activating group) is 1. The third-order valence-electron chi connectivity index (χ3n) is 5.46. The molecule has 2 heteroatoms. The van der Waals surface area contributed by atoms with Crippen LogP contribution in [0.15, 0.2) is 24.3 Å². The van der Waals surface area contributed by atoms with Gasteiger partial charge in [0.25, 0.3) is 0 Å². The van der Waals surface area contributed by atoms with Crippen molar-refractivity contribution in [2.45, 2.75) is 56.9 Å². The first-order valence-electron chi connectivity index (χ1n) is 8.15. The number of anilines is 1. The molecule has 2 unspecified atom stereocenters. The highest BCUT2D eigenvalue weighted by molar-refractivity contribution is 5.43. The van der Waals surface area contributed by atoms with Crippen LogP contribution >= 0.6 is 0 Å². The van der Waals surface area contributed by atoms with Crippen LogP contribution in [-0.4, -0.2) is 24.5 Å². The third-order valence-corrected chi connectivity index (χ3v) is 5.46. The molecule has 0 heterocycles. The Morgan fingerprint density at radius 1 is 1.20 bits per heavy atom. The average Bonchev–Trinajstić information content (AvgIpc) is 3.20. The standard InChI is InChI=1S/C18H28N2/c1-14-4-3-5-17(12-14)20(2)13-18(10-11-18)15-6-8-16(19)9-7-15/h6-9,14,17H,3-5,10-13,19H2,1-2H3. The molecule has 2 aliphatic rings. The van der Waals surface area contributed by atoms with Crippen LogP contribution in [0.3, 0.4) is 0 Å². The monoisotopic (exact) mass is 272 g/mol. The summed E-state index contributed by atoms with van der Waals surface area (Å²) >= 11 is 0. The minimum absolute atomic E-state index is 0.420. The van der Waals surface area contributed by atoms with Gasteiger partial charge in [-0.2, -0.15) is 0 Å². The summed E-state index contributed by atoms with van der Waals surface area (Å²) < 4.78 is 0. The Balaban J connectivity index is 1.66. The molecule has 0 amide bonds. The van der Waals surface area contributed by atoms with E-state index in [1.807, 2.05) is 0 Å². The summed E-state index contributed by atoms with van der Waals surface area (Å²) in [6, 6.07) is 9.38. The lowest BCUT2D eigenvalue weighted by Crippen LogP contribution is -2.40. The second-order valence-electron chi connectivity index (χ2n) is 7.24. The molecular formula is C18H28N2. The number of hydrogen-bond donors (Lipinski definition) is 1. The van der Waals surface area contributed by atoms with Gasteiger partial charge in [-0.05, 0) is 56.3 Å². The van der Waals surface area contributed by atoms with Crippen molar-refractivity contribution in [3.63, 3.8) is 0 Å². The van der Waals surface area contributed by atoms with E-state index in [4.69, 9.17) is 5.73 Å². The van der Waals surface area contributed by atoms with Crippen LogP contribution in [0.4, 0.5) is 5.69 Å². The minimum atomic E-state index is 0.420.